The predicted molar refractivity (Wildman–Crippen MR) is 100 cm³/mol. The van der Waals surface area contributed by atoms with Gasteiger partial charge in [0.15, 0.2) is 0 Å². The maximum absolute atomic E-state index is 14.1. The first kappa shape index (κ1) is 18.1. The topological polar surface area (TPSA) is 52.1 Å². The molecule has 0 saturated carbocycles. The van der Waals surface area contributed by atoms with Gasteiger partial charge in [-0.3, -0.25) is 4.90 Å². The van der Waals surface area contributed by atoms with Crippen molar-refractivity contribution < 1.29 is 13.9 Å². The van der Waals surface area contributed by atoms with E-state index < -0.39 is 17.0 Å². The normalized spacial score (nSPS) is 21.0. The van der Waals surface area contributed by atoms with Crippen molar-refractivity contribution in [3.8, 4) is 0 Å². The Morgan fingerprint density at radius 3 is 2.81 bits per heavy atom. The van der Waals surface area contributed by atoms with Crippen LogP contribution in [0.4, 0.5) is 8.78 Å². The maximum atomic E-state index is 14.1. The number of halogens is 2. The van der Waals surface area contributed by atoms with E-state index in [0.29, 0.717) is 25.1 Å². The Bertz CT molecular complexity index is 909. The van der Waals surface area contributed by atoms with Crippen molar-refractivity contribution >= 4 is 11.0 Å². The van der Waals surface area contributed by atoms with Crippen LogP contribution in [0.2, 0.25) is 0 Å². The van der Waals surface area contributed by atoms with E-state index in [1.807, 2.05) is 24.3 Å². The molecule has 2 N–H and O–H groups in total. The second-order valence-electron chi connectivity index (χ2n) is 7.59. The molecule has 1 aliphatic heterocycles. The van der Waals surface area contributed by atoms with E-state index >= 15 is 0 Å². The van der Waals surface area contributed by atoms with Crippen molar-refractivity contribution in [2.75, 3.05) is 19.7 Å². The van der Waals surface area contributed by atoms with Gasteiger partial charge in [-0.1, -0.05) is 18.2 Å². The monoisotopic (exact) mass is 371 g/mol. The summed E-state index contributed by atoms with van der Waals surface area (Å²) in [6.45, 7) is 2.19. The molecule has 1 saturated heterocycles. The number of H-pyrrole nitrogens is 1. The molecule has 2 heterocycles. The van der Waals surface area contributed by atoms with Gasteiger partial charge in [-0.2, -0.15) is 0 Å². The fourth-order valence-corrected chi connectivity index (χ4v) is 4.14. The highest BCUT2D eigenvalue weighted by Crippen LogP contribution is 2.34. The third-order valence-corrected chi connectivity index (χ3v) is 5.47. The third kappa shape index (κ3) is 3.87. The van der Waals surface area contributed by atoms with Crippen LogP contribution in [0.5, 0.6) is 0 Å². The summed E-state index contributed by atoms with van der Waals surface area (Å²) in [5, 5.41) is 10.1. The van der Waals surface area contributed by atoms with Gasteiger partial charge in [-0.05, 0) is 49.6 Å². The van der Waals surface area contributed by atoms with Gasteiger partial charge in [-0.15, -0.1) is 0 Å². The van der Waals surface area contributed by atoms with E-state index in [2.05, 4.69) is 14.9 Å². The summed E-state index contributed by atoms with van der Waals surface area (Å²) in [6.07, 6.45) is 2.13. The van der Waals surface area contributed by atoms with Gasteiger partial charge >= 0.3 is 0 Å². The summed E-state index contributed by atoms with van der Waals surface area (Å²) >= 11 is 0. The molecule has 0 radical (unpaired) electrons. The zero-order chi connectivity index (χ0) is 18.9. The van der Waals surface area contributed by atoms with Gasteiger partial charge in [0.25, 0.3) is 0 Å². The van der Waals surface area contributed by atoms with Crippen molar-refractivity contribution in [3.63, 3.8) is 0 Å². The Labute approximate surface area is 156 Å². The maximum Gasteiger partial charge on any atom is 0.129 e. The number of aromatic nitrogens is 2. The molecule has 3 aromatic rings. The van der Waals surface area contributed by atoms with Crippen molar-refractivity contribution in [3.05, 3.63) is 65.5 Å². The molecular formula is C21H23F2N3O. The van der Waals surface area contributed by atoms with Gasteiger partial charge in [0.05, 0.1) is 24.2 Å². The smallest absolute Gasteiger partial charge is 0.129 e. The number of nitrogens with zero attached hydrogens (tertiary/aromatic N) is 2. The number of benzene rings is 2. The minimum atomic E-state index is -0.579. The molecule has 0 aliphatic carbocycles. The number of piperidine rings is 1. The Morgan fingerprint density at radius 2 is 2.04 bits per heavy atom. The average Bonchev–Trinajstić information content (AvgIpc) is 3.06. The van der Waals surface area contributed by atoms with Gasteiger partial charge < -0.3 is 10.1 Å². The standard InChI is InChI=1S/C21H23F2N3O/c22-16-7-6-15(17(23)10-16)11-21(14-27)8-3-9-26(13-21)12-20-24-18-4-1-2-5-19(18)25-20/h1-2,4-7,10,27H,3,8-9,11-14H2,(H,24,25)/t21-/m1/s1. The number of fused-ring (bicyclic) bond motifs is 1. The van der Waals surface area contributed by atoms with E-state index in [-0.39, 0.29) is 6.61 Å². The summed E-state index contributed by atoms with van der Waals surface area (Å²) < 4.78 is 27.3. The highest BCUT2D eigenvalue weighted by Gasteiger charge is 2.36. The predicted octanol–water partition coefficient (Wildman–Crippen LogP) is 3.66. The van der Waals surface area contributed by atoms with Crippen molar-refractivity contribution in [2.24, 2.45) is 5.41 Å². The number of imidazole rings is 1. The number of aliphatic hydroxyl groups excluding tert-OH is 1. The van der Waals surface area contributed by atoms with Gasteiger partial charge in [0.1, 0.15) is 17.5 Å². The summed E-state index contributed by atoms with van der Waals surface area (Å²) in [6, 6.07) is 11.6. The van der Waals surface area contributed by atoms with Crippen LogP contribution in [0, 0.1) is 17.0 Å². The summed E-state index contributed by atoms with van der Waals surface area (Å²) in [7, 11) is 0. The van der Waals surface area contributed by atoms with Crippen LogP contribution in [0.25, 0.3) is 11.0 Å². The Hall–Kier alpha value is -2.31. The van der Waals surface area contributed by atoms with Gasteiger partial charge in [0, 0.05) is 18.0 Å². The van der Waals surface area contributed by atoms with E-state index in [0.717, 1.165) is 42.3 Å². The molecular weight excluding hydrogens is 348 g/mol. The van der Waals surface area contributed by atoms with Gasteiger partial charge in [-0.25, -0.2) is 13.8 Å². The lowest BCUT2D eigenvalue weighted by atomic mass is 9.75. The summed E-state index contributed by atoms with van der Waals surface area (Å²) in [5.41, 5.74) is 1.97. The second-order valence-corrected chi connectivity index (χ2v) is 7.59. The Kier molecular flexibility index (Phi) is 4.93. The zero-order valence-electron chi connectivity index (χ0n) is 15.1. The summed E-state index contributed by atoms with van der Waals surface area (Å²) in [5.74, 6) is -0.236. The number of hydrogen-bond acceptors (Lipinski definition) is 3. The highest BCUT2D eigenvalue weighted by atomic mass is 19.1. The number of aliphatic hydroxyl groups is 1. The van der Waals surface area contributed by atoms with Crippen LogP contribution < -0.4 is 0 Å². The molecule has 1 fully saturated rings. The minimum absolute atomic E-state index is 0.0273. The van der Waals surface area contributed by atoms with Crippen molar-refractivity contribution in [1.29, 1.82) is 0 Å². The first-order valence-electron chi connectivity index (χ1n) is 9.28. The molecule has 1 aromatic heterocycles. The Morgan fingerprint density at radius 1 is 1.19 bits per heavy atom. The number of nitrogens with one attached hydrogen (secondary N) is 1. The average molecular weight is 371 g/mol. The van der Waals surface area contributed by atoms with E-state index in [1.54, 1.807) is 0 Å². The number of rotatable bonds is 5. The quantitative estimate of drug-likeness (QED) is 0.720. The minimum Gasteiger partial charge on any atom is -0.396 e. The first-order valence-corrected chi connectivity index (χ1v) is 9.28. The SMILES string of the molecule is OC[C@@]1(Cc2ccc(F)cc2F)CCCN(Cc2nc3ccccc3[nH]2)C1. The number of para-hydroxylation sites is 2. The third-order valence-electron chi connectivity index (χ3n) is 5.47. The Balaban J connectivity index is 1.50. The summed E-state index contributed by atoms with van der Waals surface area (Å²) in [4.78, 5) is 10.2. The largest absolute Gasteiger partial charge is 0.396 e. The highest BCUT2D eigenvalue weighted by molar-refractivity contribution is 5.74. The van der Waals surface area contributed by atoms with Crippen LogP contribution in [0.1, 0.15) is 24.2 Å². The second kappa shape index (κ2) is 7.37. The fraction of sp³-hybridized carbons (Fsp3) is 0.381. The van der Waals surface area contributed by atoms with Gasteiger partial charge in [0.2, 0.25) is 0 Å². The molecule has 4 nitrogen and oxygen atoms in total. The lowest BCUT2D eigenvalue weighted by molar-refractivity contribution is 0.0273. The van der Waals surface area contributed by atoms with Crippen molar-refractivity contribution in [1.82, 2.24) is 14.9 Å². The fourth-order valence-electron chi connectivity index (χ4n) is 4.14. The van der Waals surface area contributed by atoms with Crippen LogP contribution >= 0.6 is 0 Å². The van der Waals surface area contributed by atoms with E-state index in [4.69, 9.17) is 0 Å². The molecule has 2 aromatic carbocycles. The lowest BCUT2D eigenvalue weighted by Crippen LogP contribution is -2.46. The van der Waals surface area contributed by atoms with E-state index in [1.165, 1.54) is 12.1 Å². The van der Waals surface area contributed by atoms with E-state index in [9.17, 15) is 13.9 Å². The molecule has 1 atom stereocenters. The number of likely N-dealkylation sites (tertiary alicyclic amines) is 1. The van der Waals surface area contributed by atoms with Crippen molar-refractivity contribution in [2.45, 2.75) is 25.8 Å². The first-order chi connectivity index (χ1) is 13.1. The molecule has 4 rings (SSSR count). The molecule has 0 amide bonds. The number of hydrogen-bond donors (Lipinski definition) is 2. The molecule has 1 aliphatic rings. The van der Waals surface area contributed by atoms with Crippen LogP contribution in [-0.4, -0.2) is 39.7 Å². The van der Waals surface area contributed by atoms with Crippen LogP contribution in [0.15, 0.2) is 42.5 Å². The van der Waals surface area contributed by atoms with Crippen LogP contribution in [0.3, 0.4) is 0 Å². The van der Waals surface area contributed by atoms with Crippen LogP contribution in [-0.2, 0) is 13.0 Å². The zero-order valence-corrected chi connectivity index (χ0v) is 15.1. The molecule has 0 bridgehead atoms. The molecule has 27 heavy (non-hydrogen) atoms. The molecule has 0 unspecified atom stereocenters. The number of aromatic amines is 1. The molecule has 6 heteroatoms. The lowest BCUT2D eigenvalue weighted by Gasteiger charge is -2.41. The molecule has 142 valence electrons. The molecule has 0 spiro atoms.